The first-order valence-electron chi connectivity index (χ1n) is 10.2. The molecule has 0 radical (unpaired) electrons. The maximum atomic E-state index is 13.3. The Bertz CT molecular complexity index is 1040. The molecule has 3 rings (SSSR count). The minimum atomic E-state index is -1.74. The summed E-state index contributed by atoms with van der Waals surface area (Å²) in [5, 5.41) is 18.8. The molecule has 170 valence electrons. The number of halogens is 1. The van der Waals surface area contributed by atoms with Crippen molar-refractivity contribution in [1.29, 1.82) is 0 Å². The van der Waals surface area contributed by atoms with E-state index in [1.807, 2.05) is 32.0 Å². The van der Waals surface area contributed by atoms with Gasteiger partial charge in [0.05, 0.1) is 28.5 Å². The number of aliphatic hydroxyl groups is 2. The maximum Gasteiger partial charge on any atom is 0.332 e. The van der Waals surface area contributed by atoms with Gasteiger partial charge in [0, 0.05) is 12.6 Å². The van der Waals surface area contributed by atoms with Crippen LogP contribution in [0.25, 0.3) is 6.08 Å². The van der Waals surface area contributed by atoms with Gasteiger partial charge in [-0.2, -0.15) is 0 Å². The summed E-state index contributed by atoms with van der Waals surface area (Å²) in [6.45, 7) is 3.78. The number of anilines is 1. The predicted molar refractivity (Wildman–Crippen MR) is 127 cm³/mol. The molecular weight excluding hydrogens is 452 g/mol. The van der Waals surface area contributed by atoms with Crippen LogP contribution in [0.1, 0.15) is 24.5 Å². The van der Waals surface area contributed by atoms with E-state index in [9.17, 15) is 14.5 Å². The Kier molecular flexibility index (Phi) is 8.33. The van der Waals surface area contributed by atoms with E-state index in [0.717, 1.165) is 12.0 Å². The summed E-state index contributed by atoms with van der Waals surface area (Å²) in [5.41, 5.74) is 2.09. The van der Waals surface area contributed by atoms with Gasteiger partial charge in [-0.3, -0.25) is 4.79 Å². The van der Waals surface area contributed by atoms with Crippen molar-refractivity contribution in [1.82, 2.24) is 0 Å². The lowest BCUT2D eigenvalue weighted by Crippen LogP contribution is -2.31. The highest BCUT2D eigenvalue weighted by molar-refractivity contribution is 8.12. The van der Waals surface area contributed by atoms with E-state index in [2.05, 4.69) is 4.99 Å². The lowest BCUT2D eigenvalue weighted by molar-refractivity contribution is -0.113. The summed E-state index contributed by atoms with van der Waals surface area (Å²) in [7, 11) is 0. The molecule has 0 spiro atoms. The number of amidine groups is 1. The van der Waals surface area contributed by atoms with Crippen LogP contribution in [0.4, 0.5) is 5.69 Å². The van der Waals surface area contributed by atoms with E-state index in [-0.39, 0.29) is 21.7 Å². The van der Waals surface area contributed by atoms with E-state index < -0.39 is 29.8 Å². The van der Waals surface area contributed by atoms with Crippen molar-refractivity contribution < 1.29 is 24.3 Å². The highest BCUT2D eigenvalue weighted by atomic mass is 35.5. The second-order valence-corrected chi connectivity index (χ2v) is 8.96. The minimum absolute atomic E-state index is 0.109. The quantitative estimate of drug-likeness (QED) is 0.449. The number of amides is 1. The molecule has 7 nitrogen and oxygen atoms in total. The van der Waals surface area contributed by atoms with Gasteiger partial charge in [-0.1, -0.05) is 42.8 Å². The number of para-hydroxylation sites is 1. The summed E-state index contributed by atoms with van der Waals surface area (Å²) in [6, 6.07) is 12.2. The van der Waals surface area contributed by atoms with Crippen LogP contribution in [-0.2, 0) is 16.0 Å². The number of rotatable bonds is 8. The fourth-order valence-electron chi connectivity index (χ4n) is 3.05. The fourth-order valence-corrected chi connectivity index (χ4v) is 4.54. The first-order chi connectivity index (χ1) is 15.4. The van der Waals surface area contributed by atoms with Gasteiger partial charge in [0.1, 0.15) is 18.5 Å². The second-order valence-electron chi connectivity index (χ2n) is 7.21. The molecule has 1 amide bonds. The number of hydrogen-bond acceptors (Lipinski definition) is 6. The predicted octanol–water partition coefficient (Wildman–Crippen LogP) is 3.28. The molecule has 1 unspecified atom stereocenters. The van der Waals surface area contributed by atoms with E-state index in [4.69, 9.17) is 21.4 Å². The van der Waals surface area contributed by atoms with Crippen molar-refractivity contribution in [3.8, 4) is 5.75 Å². The number of aliphatic hydroxyl groups excluding tert-OH is 2. The molecule has 2 N–H and O–H groups in total. The first kappa shape index (κ1) is 24.3. The fraction of sp³-hybridized carbons (Fsp3) is 0.304. The molecule has 2 aromatic rings. The van der Waals surface area contributed by atoms with Crippen LogP contribution in [0.2, 0.25) is 5.02 Å². The SMILES string of the molecule is CCC/N=C1\N(c2ccccc2C)C(=O)/C(=C/c2ccc(OC[C@H](O)CO)c(Cl)c2)[S+]1[O-]. The Hall–Kier alpha value is -2.36. The zero-order valence-electron chi connectivity index (χ0n) is 17.8. The normalized spacial score (nSPS) is 19.8. The largest absolute Gasteiger partial charge is 0.604 e. The van der Waals surface area contributed by atoms with E-state index in [1.165, 1.54) is 11.0 Å². The molecule has 0 aliphatic carbocycles. The molecule has 32 heavy (non-hydrogen) atoms. The molecule has 1 aliphatic rings. The van der Waals surface area contributed by atoms with Gasteiger partial charge in [-0.05, 0) is 42.7 Å². The zero-order valence-corrected chi connectivity index (χ0v) is 19.4. The maximum absolute atomic E-state index is 13.3. The number of hydrogen-bond donors (Lipinski definition) is 2. The number of ether oxygens (including phenoxy) is 1. The third-order valence-electron chi connectivity index (χ3n) is 4.69. The van der Waals surface area contributed by atoms with Crippen molar-refractivity contribution in [3.05, 3.63) is 63.5 Å². The summed E-state index contributed by atoms with van der Waals surface area (Å²) < 4.78 is 18.6. The number of benzene rings is 2. The Morgan fingerprint density at radius 1 is 1.31 bits per heavy atom. The molecule has 0 saturated carbocycles. The van der Waals surface area contributed by atoms with Crippen molar-refractivity contribution in [3.63, 3.8) is 0 Å². The number of aryl methyl sites for hydroxylation is 1. The van der Waals surface area contributed by atoms with Crippen LogP contribution in [0.15, 0.2) is 52.4 Å². The van der Waals surface area contributed by atoms with Crippen LogP contribution >= 0.6 is 11.6 Å². The van der Waals surface area contributed by atoms with Crippen LogP contribution in [-0.4, -0.2) is 51.7 Å². The summed E-state index contributed by atoms with van der Waals surface area (Å²) >= 11 is 4.52. The summed E-state index contributed by atoms with van der Waals surface area (Å²) in [4.78, 5) is 19.3. The molecule has 1 aliphatic heterocycles. The average Bonchev–Trinajstić information content (AvgIpc) is 3.01. The molecule has 2 aromatic carbocycles. The number of carbonyl (C=O) groups is 1. The molecule has 0 bridgehead atoms. The molecule has 2 atom stereocenters. The average molecular weight is 477 g/mol. The highest BCUT2D eigenvalue weighted by Gasteiger charge is 2.47. The van der Waals surface area contributed by atoms with Crippen molar-refractivity contribution in [2.24, 2.45) is 4.99 Å². The van der Waals surface area contributed by atoms with E-state index in [1.54, 1.807) is 24.3 Å². The minimum Gasteiger partial charge on any atom is -0.604 e. The molecule has 9 heteroatoms. The number of carbonyl (C=O) groups excluding carboxylic acids is 1. The standard InChI is InChI=1S/C23H25ClN2O5S/c1-3-10-25-23-26(19-7-5-4-6-15(19)2)22(29)21(32(23)30)12-16-8-9-20(18(24)11-16)31-14-17(28)13-27/h4-9,11-12,17,27-28H,3,10,13-14H2,1-2H3/b21-12-,25-23+/t17-,32?/m1/s1. The van der Waals surface area contributed by atoms with Gasteiger partial charge in [-0.25, -0.2) is 9.89 Å². The summed E-state index contributed by atoms with van der Waals surface area (Å²) in [6.07, 6.45) is 1.29. The molecular formula is C23H25ClN2O5S. The van der Waals surface area contributed by atoms with Crippen LogP contribution in [0, 0.1) is 6.92 Å². The molecule has 1 heterocycles. The second kappa shape index (κ2) is 11.0. The van der Waals surface area contributed by atoms with Gasteiger partial charge < -0.3 is 19.5 Å². The van der Waals surface area contributed by atoms with Crippen molar-refractivity contribution >= 4 is 45.6 Å². The lowest BCUT2D eigenvalue weighted by atomic mass is 10.1. The van der Waals surface area contributed by atoms with Crippen LogP contribution < -0.4 is 9.64 Å². The third kappa shape index (κ3) is 5.33. The van der Waals surface area contributed by atoms with E-state index in [0.29, 0.717) is 23.5 Å². The van der Waals surface area contributed by atoms with Gasteiger partial charge >= 0.3 is 11.1 Å². The highest BCUT2D eigenvalue weighted by Crippen LogP contribution is 2.34. The zero-order chi connectivity index (χ0) is 23.3. The Balaban J connectivity index is 1.94. The van der Waals surface area contributed by atoms with Crippen LogP contribution in [0.5, 0.6) is 5.75 Å². The Labute approximate surface area is 195 Å². The Morgan fingerprint density at radius 3 is 2.72 bits per heavy atom. The first-order valence-corrected chi connectivity index (χ1v) is 11.7. The van der Waals surface area contributed by atoms with Crippen LogP contribution in [0.3, 0.4) is 0 Å². The van der Waals surface area contributed by atoms with Gasteiger partial charge in [-0.15, -0.1) is 0 Å². The number of aliphatic imine (C=N–C) groups is 1. The summed E-state index contributed by atoms with van der Waals surface area (Å²) in [5.74, 6) is -0.0677. The van der Waals surface area contributed by atoms with Gasteiger partial charge in [0.2, 0.25) is 4.91 Å². The van der Waals surface area contributed by atoms with Gasteiger partial charge in [0.25, 0.3) is 0 Å². The van der Waals surface area contributed by atoms with Crippen molar-refractivity contribution in [2.75, 3.05) is 24.7 Å². The Morgan fingerprint density at radius 2 is 2.06 bits per heavy atom. The lowest BCUT2D eigenvalue weighted by Gasteiger charge is -2.15. The topological polar surface area (TPSA) is 105 Å². The van der Waals surface area contributed by atoms with Crippen molar-refractivity contribution in [2.45, 2.75) is 26.4 Å². The number of nitrogens with zero attached hydrogens (tertiary/aromatic N) is 2. The monoisotopic (exact) mass is 476 g/mol. The third-order valence-corrected chi connectivity index (χ3v) is 6.32. The molecule has 1 fully saturated rings. The molecule has 1 saturated heterocycles. The van der Waals surface area contributed by atoms with Gasteiger partial charge in [0.15, 0.2) is 0 Å². The smallest absolute Gasteiger partial charge is 0.332 e. The molecule has 0 aromatic heterocycles. The van der Waals surface area contributed by atoms with E-state index >= 15 is 0 Å².